The molecule has 1 aliphatic heterocycles. The van der Waals surface area contributed by atoms with Crippen molar-refractivity contribution in [2.75, 3.05) is 11.5 Å². The maximum Gasteiger partial charge on any atom is 0.269 e. The number of non-ortho nitro benzene ring substituents is 1. The summed E-state index contributed by atoms with van der Waals surface area (Å²) in [5.41, 5.74) is 0.290. The van der Waals surface area contributed by atoms with Crippen LogP contribution in [0, 0.1) is 16.0 Å². The maximum atomic E-state index is 11.3. The number of aliphatic hydroxyl groups is 1. The largest absolute Gasteiger partial charge is 0.388 e. The van der Waals surface area contributed by atoms with Crippen LogP contribution in [0.2, 0.25) is 0 Å². The van der Waals surface area contributed by atoms with Crippen molar-refractivity contribution >= 4 is 15.5 Å². The van der Waals surface area contributed by atoms with Gasteiger partial charge in [-0.2, -0.15) is 0 Å². The second-order valence-electron chi connectivity index (χ2n) is 4.46. The lowest BCUT2D eigenvalue weighted by atomic mass is 9.95. The third-order valence-corrected chi connectivity index (χ3v) is 4.93. The van der Waals surface area contributed by atoms with Crippen LogP contribution >= 0.6 is 0 Å². The molecule has 0 radical (unpaired) electrons. The molecule has 0 saturated carbocycles. The molecule has 0 bridgehead atoms. The highest BCUT2D eigenvalue weighted by Gasteiger charge is 2.33. The maximum absolute atomic E-state index is 11.3. The molecule has 2 unspecified atom stereocenters. The van der Waals surface area contributed by atoms with Gasteiger partial charge in [-0.15, -0.1) is 0 Å². The quantitative estimate of drug-likeness (QED) is 0.655. The van der Waals surface area contributed by atoms with Gasteiger partial charge in [0.25, 0.3) is 5.69 Å². The average molecular weight is 271 g/mol. The highest BCUT2D eigenvalue weighted by molar-refractivity contribution is 7.91. The third-order valence-electron chi connectivity index (χ3n) is 3.14. The van der Waals surface area contributed by atoms with Crippen molar-refractivity contribution in [3.8, 4) is 0 Å². The van der Waals surface area contributed by atoms with Crippen LogP contribution in [0.25, 0.3) is 0 Å². The first-order valence-corrected chi connectivity index (χ1v) is 7.34. The number of sulfone groups is 1. The van der Waals surface area contributed by atoms with Gasteiger partial charge in [0.1, 0.15) is 0 Å². The lowest BCUT2D eigenvalue weighted by Crippen LogP contribution is -2.14. The Morgan fingerprint density at radius 2 is 2.17 bits per heavy atom. The molecule has 1 heterocycles. The Labute approximate surface area is 104 Å². The molecule has 1 N–H and O–H groups in total. The van der Waals surface area contributed by atoms with Crippen LogP contribution in [0.3, 0.4) is 0 Å². The topological polar surface area (TPSA) is 97.5 Å². The van der Waals surface area contributed by atoms with Crippen LogP contribution in [-0.4, -0.2) is 30.0 Å². The van der Waals surface area contributed by atoms with E-state index in [0.29, 0.717) is 12.0 Å². The van der Waals surface area contributed by atoms with Crippen LogP contribution in [0.15, 0.2) is 24.3 Å². The van der Waals surface area contributed by atoms with Gasteiger partial charge in [0, 0.05) is 18.1 Å². The van der Waals surface area contributed by atoms with Crippen LogP contribution in [-0.2, 0) is 9.84 Å². The number of rotatable bonds is 3. The minimum atomic E-state index is -3.07. The monoisotopic (exact) mass is 271 g/mol. The molecular formula is C11H13NO5S. The number of nitro benzene ring substituents is 1. The van der Waals surface area contributed by atoms with E-state index in [1.54, 1.807) is 6.07 Å². The zero-order valence-electron chi connectivity index (χ0n) is 9.52. The summed E-state index contributed by atoms with van der Waals surface area (Å²) in [5.74, 6) is -0.363. The Balaban J connectivity index is 2.21. The first-order chi connectivity index (χ1) is 8.39. The first kappa shape index (κ1) is 13.0. The van der Waals surface area contributed by atoms with Crippen molar-refractivity contribution in [2.24, 2.45) is 5.92 Å². The van der Waals surface area contributed by atoms with Crippen LogP contribution < -0.4 is 0 Å². The summed E-state index contributed by atoms with van der Waals surface area (Å²) in [6.45, 7) is 0. The van der Waals surface area contributed by atoms with Gasteiger partial charge in [0.2, 0.25) is 0 Å². The van der Waals surface area contributed by atoms with Gasteiger partial charge in [-0.05, 0) is 12.0 Å². The number of nitro groups is 1. The molecule has 0 spiro atoms. The van der Waals surface area contributed by atoms with Crippen molar-refractivity contribution in [2.45, 2.75) is 12.5 Å². The molecule has 6 nitrogen and oxygen atoms in total. The van der Waals surface area contributed by atoms with E-state index in [1.165, 1.54) is 18.2 Å². The van der Waals surface area contributed by atoms with E-state index in [9.17, 15) is 23.6 Å². The van der Waals surface area contributed by atoms with E-state index >= 15 is 0 Å². The van der Waals surface area contributed by atoms with Gasteiger partial charge in [-0.1, -0.05) is 12.1 Å². The fourth-order valence-corrected chi connectivity index (χ4v) is 4.00. The summed E-state index contributed by atoms with van der Waals surface area (Å²) >= 11 is 0. The minimum absolute atomic E-state index is 0.0587. The Kier molecular flexibility index (Phi) is 3.36. The predicted molar refractivity (Wildman–Crippen MR) is 64.8 cm³/mol. The highest BCUT2D eigenvalue weighted by atomic mass is 32.2. The summed E-state index contributed by atoms with van der Waals surface area (Å²) in [4.78, 5) is 10.1. The van der Waals surface area contributed by atoms with E-state index < -0.39 is 20.9 Å². The fourth-order valence-electron chi connectivity index (χ4n) is 2.17. The fraction of sp³-hybridized carbons (Fsp3) is 0.455. The normalized spacial score (nSPS) is 23.7. The second kappa shape index (κ2) is 4.66. The highest BCUT2D eigenvalue weighted by Crippen LogP contribution is 2.32. The second-order valence-corrected chi connectivity index (χ2v) is 6.69. The van der Waals surface area contributed by atoms with Crippen LogP contribution in [0.5, 0.6) is 0 Å². The van der Waals surface area contributed by atoms with Gasteiger partial charge in [0.15, 0.2) is 9.84 Å². The van der Waals surface area contributed by atoms with E-state index in [4.69, 9.17) is 0 Å². The van der Waals surface area contributed by atoms with Gasteiger partial charge in [-0.3, -0.25) is 10.1 Å². The van der Waals surface area contributed by atoms with Gasteiger partial charge in [-0.25, -0.2) is 8.42 Å². The molecule has 1 fully saturated rings. The predicted octanol–water partition coefficient (Wildman–Crippen LogP) is 1.06. The smallest absolute Gasteiger partial charge is 0.269 e. The lowest BCUT2D eigenvalue weighted by Gasteiger charge is -2.16. The van der Waals surface area contributed by atoms with Crippen molar-refractivity contribution in [1.29, 1.82) is 0 Å². The number of hydrogen-bond donors (Lipinski definition) is 1. The molecular weight excluding hydrogens is 258 g/mol. The zero-order chi connectivity index (χ0) is 13.3. The number of aliphatic hydroxyl groups excluding tert-OH is 1. The van der Waals surface area contributed by atoms with Crippen molar-refractivity contribution in [1.82, 2.24) is 0 Å². The Bertz CT molecular complexity index is 569. The molecule has 0 aromatic heterocycles. The molecule has 18 heavy (non-hydrogen) atoms. The van der Waals surface area contributed by atoms with E-state index in [1.807, 2.05) is 0 Å². The third kappa shape index (κ3) is 2.68. The van der Waals surface area contributed by atoms with E-state index in [-0.39, 0.29) is 23.1 Å². The Hall–Kier alpha value is -1.47. The molecule has 1 aromatic carbocycles. The van der Waals surface area contributed by atoms with E-state index in [0.717, 1.165) is 0 Å². The molecule has 98 valence electrons. The standard InChI is InChI=1S/C11H13NO5S/c13-11(9-4-5-18(16,17)7-9)8-2-1-3-10(6-8)12(14)15/h1-3,6,9,11,13H,4-5,7H2. The van der Waals surface area contributed by atoms with Crippen LogP contribution in [0.4, 0.5) is 5.69 Å². The summed E-state index contributed by atoms with van der Waals surface area (Å²) < 4.78 is 22.7. The van der Waals surface area contributed by atoms with E-state index in [2.05, 4.69) is 0 Å². The number of benzene rings is 1. The van der Waals surface area contributed by atoms with Crippen LogP contribution in [0.1, 0.15) is 18.1 Å². The summed E-state index contributed by atoms with van der Waals surface area (Å²) in [6.07, 6.45) is -0.575. The summed E-state index contributed by atoms with van der Waals surface area (Å²) in [5, 5.41) is 20.7. The molecule has 1 aromatic rings. The number of hydrogen-bond acceptors (Lipinski definition) is 5. The SMILES string of the molecule is O=[N+]([O-])c1cccc(C(O)C2CCS(=O)(=O)C2)c1. The minimum Gasteiger partial charge on any atom is -0.388 e. The lowest BCUT2D eigenvalue weighted by molar-refractivity contribution is -0.385. The molecule has 2 rings (SSSR count). The van der Waals surface area contributed by atoms with Gasteiger partial charge < -0.3 is 5.11 Å². The zero-order valence-corrected chi connectivity index (χ0v) is 10.3. The van der Waals surface area contributed by atoms with Gasteiger partial charge in [0.05, 0.1) is 22.5 Å². The summed E-state index contributed by atoms with van der Waals surface area (Å²) in [7, 11) is -3.07. The van der Waals surface area contributed by atoms with Gasteiger partial charge >= 0.3 is 0 Å². The van der Waals surface area contributed by atoms with Crippen molar-refractivity contribution in [3.05, 3.63) is 39.9 Å². The molecule has 0 amide bonds. The molecule has 1 saturated heterocycles. The molecule has 0 aliphatic carbocycles. The van der Waals surface area contributed by atoms with Crippen molar-refractivity contribution < 1.29 is 18.4 Å². The van der Waals surface area contributed by atoms with Crippen molar-refractivity contribution in [3.63, 3.8) is 0 Å². The molecule has 7 heteroatoms. The molecule has 2 atom stereocenters. The molecule has 1 aliphatic rings. The summed E-state index contributed by atoms with van der Waals surface area (Å²) in [6, 6.07) is 5.68. The first-order valence-electron chi connectivity index (χ1n) is 5.52. The Morgan fingerprint density at radius 1 is 1.44 bits per heavy atom. The number of nitrogens with zero attached hydrogens (tertiary/aromatic N) is 1. The average Bonchev–Trinajstić information content (AvgIpc) is 2.69. The Morgan fingerprint density at radius 3 is 2.72 bits per heavy atom.